The fourth-order valence-corrected chi connectivity index (χ4v) is 3.71. The van der Waals surface area contributed by atoms with Gasteiger partial charge in [0.2, 0.25) is 0 Å². The van der Waals surface area contributed by atoms with E-state index in [4.69, 9.17) is 9.84 Å². The molecular weight excluding hydrogens is 287 g/mol. The van der Waals surface area contributed by atoms with E-state index in [1.807, 2.05) is 6.92 Å². The van der Waals surface area contributed by atoms with E-state index in [1.54, 1.807) is 0 Å². The van der Waals surface area contributed by atoms with Crippen LogP contribution in [-0.2, 0) is 14.6 Å². The molecule has 1 saturated heterocycles. The summed E-state index contributed by atoms with van der Waals surface area (Å²) in [5.74, 6) is -2.67. The van der Waals surface area contributed by atoms with Crippen molar-refractivity contribution in [3.05, 3.63) is 29.6 Å². The van der Waals surface area contributed by atoms with Crippen LogP contribution >= 0.6 is 0 Å². The summed E-state index contributed by atoms with van der Waals surface area (Å²) in [6.45, 7) is 1.87. The Kier molecular flexibility index (Phi) is 4.10. The van der Waals surface area contributed by atoms with Crippen molar-refractivity contribution in [3.63, 3.8) is 0 Å². The SMILES string of the molecule is CC1CCC(CS(=O)(=O)c2ccc(F)c(C(=O)O)c2)O1. The zero-order chi connectivity index (χ0) is 14.9. The Morgan fingerprint density at radius 2 is 2.15 bits per heavy atom. The molecular formula is C13H15FO5S. The molecule has 1 aromatic carbocycles. The Balaban J connectivity index is 2.25. The van der Waals surface area contributed by atoms with E-state index >= 15 is 0 Å². The minimum absolute atomic E-state index is 0.0259. The second-order valence-electron chi connectivity index (χ2n) is 4.87. The lowest BCUT2D eigenvalue weighted by Gasteiger charge is -2.12. The molecule has 0 aliphatic carbocycles. The van der Waals surface area contributed by atoms with Gasteiger partial charge in [-0.3, -0.25) is 0 Å². The van der Waals surface area contributed by atoms with Crippen LogP contribution in [0, 0.1) is 5.82 Å². The van der Waals surface area contributed by atoms with Gasteiger partial charge in [-0.05, 0) is 38.0 Å². The molecule has 0 bridgehead atoms. The number of aromatic carboxylic acids is 1. The number of benzene rings is 1. The Bertz CT molecular complexity index is 626. The highest BCUT2D eigenvalue weighted by Gasteiger charge is 2.28. The Morgan fingerprint density at radius 3 is 2.70 bits per heavy atom. The number of rotatable bonds is 4. The molecule has 1 N–H and O–H groups in total. The first-order valence-corrected chi connectivity index (χ1v) is 7.86. The number of hydrogen-bond acceptors (Lipinski definition) is 4. The molecule has 1 heterocycles. The van der Waals surface area contributed by atoms with E-state index in [-0.39, 0.29) is 16.8 Å². The second kappa shape index (κ2) is 5.49. The smallest absolute Gasteiger partial charge is 0.338 e. The molecule has 0 saturated carbocycles. The predicted octanol–water partition coefficient (Wildman–Crippen LogP) is 1.87. The van der Waals surface area contributed by atoms with Crippen LogP contribution in [0.5, 0.6) is 0 Å². The van der Waals surface area contributed by atoms with Crippen molar-refractivity contribution in [2.45, 2.75) is 36.9 Å². The average molecular weight is 302 g/mol. The quantitative estimate of drug-likeness (QED) is 0.859. The lowest BCUT2D eigenvalue weighted by molar-refractivity contribution is 0.0687. The van der Waals surface area contributed by atoms with Gasteiger partial charge in [-0.1, -0.05) is 0 Å². The molecule has 1 aliphatic heterocycles. The van der Waals surface area contributed by atoms with Crippen LogP contribution in [-0.4, -0.2) is 37.5 Å². The molecule has 110 valence electrons. The molecule has 0 amide bonds. The normalized spacial score (nSPS) is 22.9. The first kappa shape index (κ1) is 14.9. The average Bonchev–Trinajstić information content (AvgIpc) is 2.73. The van der Waals surface area contributed by atoms with Crippen LogP contribution in [0.25, 0.3) is 0 Å². The Labute approximate surface area is 116 Å². The Morgan fingerprint density at radius 1 is 1.45 bits per heavy atom. The van der Waals surface area contributed by atoms with Crippen LogP contribution in [0.1, 0.15) is 30.1 Å². The van der Waals surface area contributed by atoms with Gasteiger partial charge < -0.3 is 9.84 Å². The number of halogens is 1. The van der Waals surface area contributed by atoms with Gasteiger partial charge in [0.25, 0.3) is 0 Å². The number of carbonyl (C=O) groups is 1. The number of ether oxygens (including phenoxy) is 1. The Hall–Kier alpha value is -1.47. The van der Waals surface area contributed by atoms with Crippen molar-refractivity contribution < 1.29 is 27.4 Å². The van der Waals surface area contributed by atoms with Crippen molar-refractivity contribution in [2.75, 3.05) is 5.75 Å². The van der Waals surface area contributed by atoms with Crippen molar-refractivity contribution >= 4 is 15.8 Å². The lowest BCUT2D eigenvalue weighted by atomic mass is 10.2. The number of hydrogen-bond donors (Lipinski definition) is 1. The van der Waals surface area contributed by atoms with Gasteiger partial charge in [0.1, 0.15) is 5.82 Å². The van der Waals surface area contributed by atoms with Crippen molar-refractivity contribution in [1.29, 1.82) is 0 Å². The van der Waals surface area contributed by atoms with E-state index in [1.165, 1.54) is 0 Å². The van der Waals surface area contributed by atoms with Crippen LogP contribution in [0.3, 0.4) is 0 Å². The molecule has 1 aliphatic rings. The van der Waals surface area contributed by atoms with Crippen molar-refractivity contribution in [1.82, 2.24) is 0 Å². The minimum Gasteiger partial charge on any atom is -0.478 e. The topological polar surface area (TPSA) is 80.7 Å². The predicted molar refractivity (Wildman–Crippen MR) is 69.0 cm³/mol. The summed E-state index contributed by atoms with van der Waals surface area (Å²) in [7, 11) is -3.69. The highest BCUT2D eigenvalue weighted by Crippen LogP contribution is 2.24. The zero-order valence-corrected chi connectivity index (χ0v) is 11.7. The summed E-state index contributed by atoms with van der Waals surface area (Å²) < 4.78 is 43.1. The third kappa shape index (κ3) is 3.16. The molecule has 0 spiro atoms. The van der Waals surface area contributed by atoms with Gasteiger partial charge in [0.05, 0.1) is 28.4 Å². The molecule has 0 aromatic heterocycles. The maximum Gasteiger partial charge on any atom is 0.338 e. The fraction of sp³-hybridized carbons (Fsp3) is 0.462. The summed E-state index contributed by atoms with van der Waals surface area (Å²) in [6.07, 6.45) is 1.07. The van der Waals surface area contributed by atoms with E-state index in [0.717, 1.165) is 24.6 Å². The maximum atomic E-state index is 13.3. The molecule has 7 heteroatoms. The van der Waals surface area contributed by atoms with Crippen molar-refractivity contribution in [3.8, 4) is 0 Å². The highest BCUT2D eigenvalue weighted by molar-refractivity contribution is 7.91. The third-order valence-corrected chi connectivity index (χ3v) is 5.04. The summed E-state index contributed by atoms with van der Waals surface area (Å²) >= 11 is 0. The molecule has 20 heavy (non-hydrogen) atoms. The lowest BCUT2D eigenvalue weighted by Crippen LogP contribution is -2.21. The fourth-order valence-electron chi connectivity index (χ4n) is 2.21. The molecule has 1 aromatic rings. The molecule has 2 atom stereocenters. The summed E-state index contributed by atoms with van der Waals surface area (Å²) in [5, 5.41) is 8.82. The number of carboxylic acids is 1. The first-order chi connectivity index (χ1) is 9.29. The molecule has 2 unspecified atom stereocenters. The largest absolute Gasteiger partial charge is 0.478 e. The van der Waals surface area contributed by atoms with Gasteiger partial charge in [0.15, 0.2) is 9.84 Å². The second-order valence-corrected chi connectivity index (χ2v) is 6.91. The van der Waals surface area contributed by atoms with Gasteiger partial charge in [0, 0.05) is 0 Å². The van der Waals surface area contributed by atoms with Gasteiger partial charge in [-0.2, -0.15) is 0 Å². The first-order valence-electron chi connectivity index (χ1n) is 6.20. The monoisotopic (exact) mass is 302 g/mol. The van der Waals surface area contributed by atoms with Crippen LogP contribution in [0.4, 0.5) is 4.39 Å². The third-order valence-electron chi connectivity index (χ3n) is 3.25. The minimum atomic E-state index is -3.69. The summed E-state index contributed by atoms with van der Waals surface area (Å²) in [6, 6.07) is 2.79. The van der Waals surface area contributed by atoms with E-state index in [9.17, 15) is 17.6 Å². The molecule has 5 nitrogen and oxygen atoms in total. The molecule has 2 rings (SSSR count). The summed E-state index contributed by atoms with van der Waals surface area (Å²) in [4.78, 5) is 10.6. The maximum absolute atomic E-state index is 13.3. The number of sulfone groups is 1. The van der Waals surface area contributed by atoms with Gasteiger partial charge in [-0.15, -0.1) is 0 Å². The van der Waals surface area contributed by atoms with Gasteiger partial charge in [-0.25, -0.2) is 17.6 Å². The van der Waals surface area contributed by atoms with E-state index < -0.39 is 33.3 Å². The van der Waals surface area contributed by atoms with E-state index in [0.29, 0.717) is 6.42 Å². The van der Waals surface area contributed by atoms with Gasteiger partial charge >= 0.3 is 5.97 Å². The zero-order valence-electron chi connectivity index (χ0n) is 10.9. The van der Waals surface area contributed by atoms with Crippen LogP contribution < -0.4 is 0 Å². The molecule has 1 fully saturated rings. The number of carboxylic acid groups (broad SMARTS) is 1. The van der Waals surface area contributed by atoms with Crippen LogP contribution in [0.15, 0.2) is 23.1 Å². The van der Waals surface area contributed by atoms with Crippen molar-refractivity contribution in [2.24, 2.45) is 0 Å². The standard InChI is InChI=1S/C13H15FO5S/c1-8-2-3-9(19-8)7-20(17,18)10-4-5-12(14)11(6-10)13(15)16/h4-6,8-9H,2-3,7H2,1H3,(H,15,16). The molecule has 0 radical (unpaired) electrons. The highest BCUT2D eigenvalue weighted by atomic mass is 32.2. The van der Waals surface area contributed by atoms with Crippen LogP contribution in [0.2, 0.25) is 0 Å². The van der Waals surface area contributed by atoms with E-state index in [2.05, 4.69) is 0 Å². The summed E-state index contributed by atoms with van der Waals surface area (Å²) in [5.41, 5.74) is -0.646.